The van der Waals surface area contributed by atoms with Gasteiger partial charge < -0.3 is 0 Å². The number of hydrogen-bond donors (Lipinski definition) is 0. The second kappa shape index (κ2) is 4.32. The Morgan fingerprint density at radius 3 is 1.69 bits per heavy atom. The number of rotatable bonds is 1. The first-order valence-electron chi connectivity index (χ1n) is 4.68. The molecule has 0 aromatic carbocycles. The molecule has 13 heavy (non-hydrogen) atoms. The first kappa shape index (κ1) is 12.8. The summed E-state index contributed by atoms with van der Waals surface area (Å²) >= 11 is 6.05. The largest absolute Gasteiger partial charge is 0.0847 e. The van der Waals surface area contributed by atoms with Gasteiger partial charge in [0.15, 0.2) is 0 Å². The van der Waals surface area contributed by atoms with E-state index < -0.39 is 0 Å². The van der Waals surface area contributed by atoms with Crippen LogP contribution < -0.4 is 0 Å². The van der Waals surface area contributed by atoms with Crippen LogP contribution in [0, 0.1) is 10.8 Å². The molecule has 0 N–H and O–H groups in total. The molecule has 0 saturated carbocycles. The van der Waals surface area contributed by atoms with Crippen molar-refractivity contribution in [1.29, 1.82) is 0 Å². The summed E-state index contributed by atoms with van der Waals surface area (Å²) in [5, 5.41) is 0.822. The van der Waals surface area contributed by atoms with E-state index in [0.29, 0.717) is 0 Å². The molecule has 0 aliphatic rings. The second-order valence-electron chi connectivity index (χ2n) is 5.59. The van der Waals surface area contributed by atoms with Crippen molar-refractivity contribution in [2.24, 2.45) is 10.8 Å². The van der Waals surface area contributed by atoms with Crippen molar-refractivity contribution in [3.8, 4) is 0 Å². The van der Waals surface area contributed by atoms with Crippen molar-refractivity contribution in [3.63, 3.8) is 0 Å². The minimum atomic E-state index is 0.152. The van der Waals surface area contributed by atoms with E-state index in [1.807, 2.05) is 6.08 Å². The first-order valence-corrected chi connectivity index (χ1v) is 5.05. The van der Waals surface area contributed by atoms with Crippen LogP contribution in [0.4, 0.5) is 0 Å². The quantitative estimate of drug-likeness (QED) is 0.536. The maximum absolute atomic E-state index is 6.05. The molecule has 0 aliphatic carbocycles. The summed E-state index contributed by atoms with van der Waals surface area (Å²) in [4.78, 5) is 0. The minimum absolute atomic E-state index is 0.152. The smallest absolute Gasteiger partial charge is 0.0368 e. The van der Waals surface area contributed by atoms with Gasteiger partial charge in [-0.2, -0.15) is 0 Å². The van der Waals surface area contributed by atoms with Crippen LogP contribution in [-0.2, 0) is 0 Å². The summed E-state index contributed by atoms with van der Waals surface area (Å²) in [6.45, 7) is 12.9. The Morgan fingerprint density at radius 1 is 0.923 bits per heavy atom. The lowest BCUT2D eigenvalue weighted by atomic mass is 9.94. The number of hydrogen-bond acceptors (Lipinski definition) is 0. The highest BCUT2D eigenvalue weighted by Crippen LogP contribution is 2.22. The summed E-state index contributed by atoms with van der Waals surface area (Å²) < 4.78 is 0. The fraction of sp³-hybridized carbons (Fsp3) is 0.667. The number of halogens is 1. The zero-order valence-electron chi connectivity index (χ0n) is 9.61. The molecule has 0 spiro atoms. The molecule has 0 unspecified atom stereocenters. The van der Waals surface area contributed by atoms with Gasteiger partial charge in [0.2, 0.25) is 0 Å². The van der Waals surface area contributed by atoms with Crippen molar-refractivity contribution in [2.75, 3.05) is 0 Å². The fourth-order valence-corrected chi connectivity index (χ4v) is 1.18. The van der Waals surface area contributed by atoms with Crippen LogP contribution in [0.15, 0.2) is 23.3 Å². The summed E-state index contributed by atoms with van der Waals surface area (Å²) in [6, 6.07) is 0. The van der Waals surface area contributed by atoms with E-state index in [-0.39, 0.29) is 10.8 Å². The number of allylic oxidation sites excluding steroid dienone is 4. The van der Waals surface area contributed by atoms with Gasteiger partial charge in [0.05, 0.1) is 0 Å². The van der Waals surface area contributed by atoms with Crippen molar-refractivity contribution in [3.05, 3.63) is 23.3 Å². The monoisotopic (exact) mass is 200 g/mol. The first-order chi connectivity index (χ1) is 5.60. The predicted molar refractivity (Wildman–Crippen MR) is 62.0 cm³/mol. The maximum atomic E-state index is 6.05. The predicted octanol–water partition coefficient (Wildman–Crippen LogP) is 4.76. The van der Waals surface area contributed by atoms with E-state index >= 15 is 0 Å². The summed E-state index contributed by atoms with van der Waals surface area (Å²) in [6.07, 6.45) is 6.17. The lowest BCUT2D eigenvalue weighted by Crippen LogP contribution is -2.00. The molecule has 0 radical (unpaired) electrons. The molecule has 1 heteroatoms. The van der Waals surface area contributed by atoms with Gasteiger partial charge >= 0.3 is 0 Å². The van der Waals surface area contributed by atoms with Crippen LogP contribution in [-0.4, -0.2) is 0 Å². The van der Waals surface area contributed by atoms with E-state index in [1.165, 1.54) is 0 Å². The van der Waals surface area contributed by atoms with Crippen molar-refractivity contribution in [1.82, 2.24) is 0 Å². The van der Waals surface area contributed by atoms with Gasteiger partial charge in [-0.1, -0.05) is 65.3 Å². The molecule has 0 bridgehead atoms. The molecule has 0 heterocycles. The molecule has 0 amide bonds. The molecule has 0 aromatic heterocycles. The van der Waals surface area contributed by atoms with Crippen LogP contribution in [0.3, 0.4) is 0 Å². The summed E-state index contributed by atoms with van der Waals surface area (Å²) in [5.41, 5.74) is 0.352. The molecule has 76 valence electrons. The van der Waals surface area contributed by atoms with Crippen LogP contribution in [0.5, 0.6) is 0 Å². The van der Waals surface area contributed by atoms with Gasteiger partial charge in [-0.15, -0.1) is 0 Å². The zero-order chi connectivity index (χ0) is 10.7. The molecule has 0 rings (SSSR count). The summed E-state index contributed by atoms with van der Waals surface area (Å²) in [5.74, 6) is 0. The third-order valence-electron chi connectivity index (χ3n) is 1.31. The fourth-order valence-electron chi connectivity index (χ4n) is 0.791. The topological polar surface area (TPSA) is 0 Å². The Morgan fingerprint density at radius 2 is 1.38 bits per heavy atom. The molecule has 0 aromatic rings. The van der Waals surface area contributed by atoms with E-state index in [0.717, 1.165) is 5.03 Å². The van der Waals surface area contributed by atoms with Crippen molar-refractivity contribution >= 4 is 11.6 Å². The lowest BCUT2D eigenvalue weighted by Gasteiger charge is -2.13. The Kier molecular flexibility index (Phi) is 4.25. The zero-order valence-corrected chi connectivity index (χ0v) is 10.4. The van der Waals surface area contributed by atoms with Gasteiger partial charge in [0, 0.05) is 5.03 Å². The molecular formula is C12H21Cl. The van der Waals surface area contributed by atoms with Crippen LogP contribution in [0.2, 0.25) is 0 Å². The third kappa shape index (κ3) is 9.69. The molecular weight excluding hydrogens is 180 g/mol. The Labute approximate surface area is 87.7 Å². The highest BCUT2D eigenvalue weighted by atomic mass is 35.5. The van der Waals surface area contributed by atoms with Gasteiger partial charge in [-0.05, 0) is 16.9 Å². The van der Waals surface area contributed by atoms with Gasteiger partial charge in [-0.25, -0.2) is 0 Å². The Hall–Kier alpha value is -0.230. The van der Waals surface area contributed by atoms with Gasteiger partial charge in [-0.3, -0.25) is 0 Å². The van der Waals surface area contributed by atoms with E-state index in [4.69, 9.17) is 11.6 Å². The average Bonchev–Trinajstić information content (AvgIpc) is 1.78. The third-order valence-corrected chi connectivity index (χ3v) is 1.55. The summed E-state index contributed by atoms with van der Waals surface area (Å²) in [7, 11) is 0. The van der Waals surface area contributed by atoms with E-state index in [1.54, 1.807) is 0 Å². The highest BCUT2D eigenvalue weighted by Gasteiger charge is 2.07. The molecule has 0 nitrogen and oxygen atoms in total. The average molecular weight is 201 g/mol. The Bertz CT molecular complexity index is 208. The lowest BCUT2D eigenvalue weighted by molar-refractivity contribution is 0.539. The SMILES string of the molecule is CC(C)(C)/C=C\C(Cl)=C/C(C)(C)C. The van der Waals surface area contributed by atoms with Crippen LogP contribution in [0.25, 0.3) is 0 Å². The van der Waals surface area contributed by atoms with Crippen LogP contribution >= 0.6 is 11.6 Å². The van der Waals surface area contributed by atoms with Crippen LogP contribution in [0.1, 0.15) is 41.5 Å². The molecule has 0 atom stereocenters. The van der Waals surface area contributed by atoms with Gasteiger partial charge in [0.25, 0.3) is 0 Å². The highest BCUT2D eigenvalue weighted by molar-refractivity contribution is 6.31. The normalized spacial score (nSPS) is 15.5. The minimum Gasteiger partial charge on any atom is -0.0847 e. The Balaban J connectivity index is 4.40. The van der Waals surface area contributed by atoms with Gasteiger partial charge in [0.1, 0.15) is 0 Å². The van der Waals surface area contributed by atoms with E-state index in [2.05, 4.69) is 53.7 Å². The van der Waals surface area contributed by atoms with Crippen molar-refractivity contribution in [2.45, 2.75) is 41.5 Å². The molecule has 0 saturated heterocycles. The second-order valence-corrected chi connectivity index (χ2v) is 6.03. The van der Waals surface area contributed by atoms with E-state index in [9.17, 15) is 0 Å². The molecule has 0 aliphatic heterocycles. The molecule has 0 fully saturated rings. The van der Waals surface area contributed by atoms with Crippen molar-refractivity contribution < 1.29 is 0 Å². The standard InChI is InChI=1S/C12H21Cl/c1-11(2,3)8-7-10(13)9-12(4,5)6/h7-9H,1-6H3/b8-7-,10-9+. The maximum Gasteiger partial charge on any atom is 0.0368 e.